The van der Waals surface area contributed by atoms with Crippen molar-refractivity contribution in [3.8, 4) is 11.1 Å². The minimum atomic E-state index is -3.52. The van der Waals surface area contributed by atoms with Gasteiger partial charge in [0.1, 0.15) is 5.16 Å². The molecule has 0 aromatic heterocycles. The first-order valence-corrected chi connectivity index (χ1v) is 10.3. The van der Waals surface area contributed by atoms with Gasteiger partial charge in [0.05, 0.1) is 12.2 Å². The summed E-state index contributed by atoms with van der Waals surface area (Å²) >= 11 is 0. The molecule has 2 aliphatic rings. The fraction of sp³-hybridized carbons (Fsp3) is 0.350. The summed E-state index contributed by atoms with van der Waals surface area (Å²) in [6.07, 6.45) is 3.40. The van der Waals surface area contributed by atoms with Gasteiger partial charge in [0.2, 0.25) is 0 Å². The van der Waals surface area contributed by atoms with Crippen LogP contribution in [0.15, 0.2) is 48.5 Å². The molecule has 4 rings (SSSR count). The Morgan fingerprint density at radius 1 is 1.08 bits per heavy atom. The molecule has 2 aromatic rings. The molecule has 1 fully saturated rings. The van der Waals surface area contributed by atoms with Crippen molar-refractivity contribution in [2.24, 2.45) is 0 Å². The molecular weight excluding hydrogens is 335 g/mol. The molecule has 1 aliphatic carbocycles. The van der Waals surface area contributed by atoms with Gasteiger partial charge < -0.3 is 4.52 Å². The summed E-state index contributed by atoms with van der Waals surface area (Å²) in [7, 11) is -3.52. The molecule has 1 unspecified atom stereocenters. The van der Waals surface area contributed by atoms with Gasteiger partial charge in [-0.3, -0.25) is 4.52 Å². The molecule has 4 nitrogen and oxygen atoms in total. The van der Waals surface area contributed by atoms with E-state index in [0.717, 1.165) is 42.4 Å². The minimum Gasteiger partial charge on any atom is -0.387 e. The molecule has 25 heavy (non-hydrogen) atoms. The zero-order valence-corrected chi connectivity index (χ0v) is 15.1. The lowest BCUT2D eigenvalue weighted by Crippen LogP contribution is -2.33. The monoisotopic (exact) mass is 356 g/mol. The Labute approximate surface area is 147 Å². The van der Waals surface area contributed by atoms with Gasteiger partial charge in [-0.15, -0.1) is 0 Å². The number of carbonyl (C=O) groups is 1. The van der Waals surface area contributed by atoms with E-state index >= 15 is 0 Å². The molecule has 1 aliphatic heterocycles. The maximum absolute atomic E-state index is 13.5. The first kappa shape index (κ1) is 16.6. The number of benzene rings is 2. The van der Waals surface area contributed by atoms with Gasteiger partial charge in [-0.2, -0.15) is 0 Å². The van der Waals surface area contributed by atoms with Crippen LogP contribution >= 0.6 is 7.60 Å². The highest BCUT2D eigenvalue weighted by atomic mass is 31.2. The highest BCUT2D eigenvalue weighted by Crippen LogP contribution is 2.73. The first-order valence-electron chi connectivity index (χ1n) is 8.78. The van der Waals surface area contributed by atoms with E-state index in [4.69, 9.17) is 9.05 Å². The SMILES string of the molecule is CCOP1(=O)OC(=O)c2cc(-c3ccccc3)ccc2C12CCCC2. The summed E-state index contributed by atoms with van der Waals surface area (Å²) in [5.41, 5.74) is 3.35. The van der Waals surface area contributed by atoms with Gasteiger partial charge in [0.25, 0.3) is 0 Å². The second-order valence-corrected chi connectivity index (χ2v) is 8.95. The van der Waals surface area contributed by atoms with Crippen molar-refractivity contribution in [1.82, 2.24) is 0 Å². The van der Waals surface area contributed by atoms with Crippen LogP contribution in [0.4, 0.5) is 0 Å². The fourth-order valence-electron chi connectivity index (χ4n) is 4.15. The molecule has 0 bridgehead atoms. The van der Waals surface area contributed by atoms with Crippen LogP contribution in [-0.2, 0) is 18.8 Å². The number of carbonyl (C=O) groups excluding carboxylic acids is 1. The third-order valence-corrected chi connectivity index (χ3v) is 8.05. The topological polar surface area (TPSA) is 52.6 Å². The highest BCUT2D eigenvalue weighted by Gasteiger charge is 2.59. The molecule has 0 saturated heterocycles. The largest absolute Gasteiger partial charge is 0.392 e. The lowest BCUT2D eigenvalue weighted by atomic mass is 9.89. The Bertz CT molecular complexity index is 853. The second kappa shape index (κ2) is 6.12. The van der Waals surface area contributed by atoms with Crippen molar-refractivity contribution in [2.75, 3.05) is 6.61 Å². The van der Waals surface area contributed by atoms with Gasteiger partial charge in [0.15, 0.2) is 0 Å². The number of hydrogen-bond donors (Lipinski definition) is 0. The van der Waals surface area contributed by atoms with Crippen LogP contribution in [0.3, 0.4) is 0 Å². The summed E-state index contributed by atoms with van der Waals surface area (Å²) in [6.45, 7) is 2.05. The van der Waals surface area contributed by atoms with Crippen LogP contribution in [0.2, 0.25) is 0 Å². The van der Waals surface area contributed by atoms with Crippen molar-refractivity contribution in [3.05, 3.63) is 59.7 Å². The molecule has 1 saturated carbocycles. The number of rotatable bonds is 3. The lowest BCUT2D eigenvalue weighted by Gasteiger charge is -2.40. The van der Waals surface area contributed by atoms with E-state index in [1.165, 1.54) is 0 Å². The Morgan fingerprint density at radius 3 is 2.48 bits per heavy atom. The van der Waals surface area contributed by atoms with Crippen molar-refractivity contribution in [2.45, 2.75) is 37.8 Å². The van der Waals surface area contributed by atoms with Gasteiger partial charge in [-0.25, -0.2) is 9.36 Å². The number of fused-ring (bicyclic) bond motifs is 2. The van der Waals surface area contributed by atoms with Gasteiger partial charge in [-0.05, 0) is 42.5 Å². The Morgan fingerprint density at radius 2 is 1.80 bits per heavy atom. The Balaban J connectivity index is 1.88. The molecule has 0 radical (unpaired) electrons. The summed E-state index contributed by atoms with van der Waals surface area (Å²) in [6, 6.07) is 15.7. The summed E-state index contributed by atoms with van der Waals surface area (Å²) < 4.78 is 24.5. The smallest absolute Gasteiger partial charge is 0.387 e. The zero-order valence-electron chi connectivity index (χ0n) is 14.2. The molecule has 1 heterocycles. The second-order valence-electron chi connectivity index (χ2n) is 6.66. The van der Waals surface area contributed by atoms with E-state index < -0.39 is 18.7 Å². The molecule has 0 amide bonds. The molecule has 130 valence electrons. The van der Waals surface area contributed by atoms with Crippen molar-refractivity contribution in [3.63, 3.8) is 0 Å². The van der Waals surface area contributed by atoms with E-state index in [9.17, 15) is 9.36 Å². The van der Waals surface area contributed by atoms with Crippen LogP contribution in [0.25, 0.3) is 11.1 Å². The Hall–Kier alpha value is -1.90. The molecule has 1 atom stereocenters. The maximum atomic E-state index is 13.5. The zero-order chi connectivity index (χ0) is 17.5. The minimum absolute atomic E-state index is 0.268. The van der Waals surface area contributed by atoms with E-state index in [-0.39, 0.29) is 6.61 Å². The van der Waals surface area contributed by atoms with Crippen LogP contribution in [0.1, 0.15) is 48.5 Å². The summed E-state index contributed by atoms with van der Waals surface area (Å²) in [4.78, 5) is 12.6. The predicted molar refractivity (Wildman–Crippen MR) is 96.7 cm³/mol. The van der Waals surface area contributed by atoms with E-state index in [1.54, 1.807) is 6.92 Å². The van der Waals surface area contributed by atoms with Gasteiger partial charge >= 0.3 is 13.6 Å². The van der Waals surface area contributed by atoms with Crippen molar-refractivity contribution < 1.29 is 18.4 Å². The van der Waals surface area contributed by atoms with Gasteiger partial charge in [-0.1, -0.05) is 55.3 Å². The molecule has 5 heteroatoms. The predicted octanol–water partition coefficient (Wildman–Crippen LogP) is 5.52. The fourth-order valence-corrected chi connectivity index (χ4v) is 6.63. The standard InChI is InChI=1S/C20H21O4P/c1-2-23-25(22)20(12-6-7-13-20)18-11-10-16(14-17(18)19(21)24-25)15-8-4-3-5-9-15/h3-5,8-11,14H,2,6-7,12-13H2,1H3. The molecule has 2 aromatic carbocycles. The number of hydrogen-bond acceptors (Lipinski definition) is 4. The first-order chi connectivity index (χ1) is 12.1. The highest BCUT2D eigenvalue weighted by molar-refractivity contribution is 7.56. The van der Waals surface area contributed by atoms with Crippen molar-refractivity contribution in [1.29, 1.82) is 0 Å². The molecular formula is C20H21O4P. The van der Waals surface area contributed by atoms with E-state index in [1.807, 2.05) is 48.5 Å². The normalized spacial score (nSPS) is 24.1. The van der Waals surface area contributed by atoms with Gasteiger partial charge in [0, 0.05) is 0 Å². The van der Waals surface area contributed by atoms with Crippen LogP contribution < -0.4 is 0 Å². The van der Waals surface area contributed by atoms with Crippen LogP contribution in [0.5, 0.6) is 0 Å². The van der Waals surface area contributed by atoms with Crippen LogP contribution in [-0.4, -0.2) is 12.6 Å². The Kier molecular flexibility index (Phi) is 4.05. The van der Waals surface area contributed by atoms with E-state index in [0.29, 0.717) is 5.56 Å². The van der Waals surface area contributed by atoms with E-state index in [2.05, 4.69) is 0 Å². The summed E-state index contributed by atoms with van der Waals surface area (Å²) in [5.74, 6) is -0.540. The lowest BCUT2D eigenvalue weighted by molar-refractivity contribution is 0.0659. The maximum Gasteiger partial charge on any atom is 0.392 e. The summed E-state index contributed by atoms with van der Waals surface area (Å²) in [5, 5.41) is -0.679. The van der Waals surface area contributed by atoms with Crippen LogP contribution in [0, 0.1) is 0 Å². The van der Waals surface area contributed by atoms with Crippen molar-refractivity contribution >= 4 is 13.6 Å². The molecule has 0 N–H and O–H groups in total. The quantitative estimate of drug-likeness (QED) is 0.679. The average Bonchev–Trinajstić information content (AvgIpc) is 3.12. The third kappa shape index (κ3) is 2.47. The molecule has 1 spiro atoms. The third-order valence-electron chi connectivity index (χ3n) is 5.31. The average molecular weight is 356 g/mol.